The van der Waals surface area contributed by atoms with Crippen LogP contribution in [0.15, 0.2) is 91.5 Å². The molecule has 0 bridgehead atoms. The van der Waals surface area contributed by atoms with Crippen molar-refractivity contribution in [3.8, 4) is 11.1 Å². The Balaban J connectivity index is 1.76. The minimum Gasteiger partial charge on any atom is -0.310 e. The van der Waals surface area contributed by atoms with E-state index >= 15 is 0 Å². The highest BCUT2D eigenvalue weighted by Crippen LogP contribution is 2.53. The van der Waals surface area contributed by atoms with Gasteiger partial charge in [0.2, 0.25) is 0 Å². The van der Waals surface area contributed by atoms with Crippen molar-refractivity contribution in [2.75, 3.05) is 4.90 Å². The molecule has 0 aromatic heterocycles. The number of anilines is 3. The van der Waals surface area contributed by atoms with E-state index in [0.717, 1.165) is 35.3 Å². The first-order chi connectivity index (χ1) is 16.5. The monoisotopic (exact) mass is 443 g/mol. The molecule has 0 fully saturated rings. The van der Waals surface area contributed by atoms with Crippen LogP contribution < -0.4 is 4.90 Å². The normalized spacial score (nSPS) is 13.7. The van der Waals surface area contributed by atoms with Gasteiger partial charge in [0.15, 0.2) is 0 Å². The smallest absolute Gasteiger partial charge is 0.150 e. The summed E-state index contributed by atoms with van der Waals surface area (Å²) < 4.78 is 0. The van der Waals surface area contributed by atoms with Crippen molar-refractivity contribution in [2.24, 2.45) is 0 Å². The summed E-state index contributed by atoms with van der Waals surface area (Å²) in [5.41, 5.74) is 11.0. The number of fused-ring (bicyclic) bond motifs is 2. The predicted molar refractivity (Wildman–Crippen MR) is 144 cm³/mol. The standard InChI is InChI=1S/C32H29NO/c1-5-23-15-19-30-31(27(23)6-2)32(3,4)28-20-22(21-34)12-18-29(28)33(30)26-16-13-25(14-17-26)24-10-8-7-9-11-24/h6-21H,2,5H2,1,3-4H3. The number of aryl methyl sites for hydroxylation is 1. The molecule has 1 aliphatic heterocycles. The van der Waals surface area contributed by atoms with Crippen molar-refractivity contribution in [3.05, 3.63) is 119 Å². The number of benzene rings is 4. The Kier molecular flexibility index (Phi) is 5.45. The number of nitrogens with zero attached hydrogens (tertiary/aromatic N) is 1. The Bertz CT molecular complexity index is 1380. The summed E-state index contributed by atoms with van der Waals surface area (Å²) in [6.45, 7) is 10.9. The zero-order chi connectivity index (χ0) is 23.9. The van der Waals surface area contributed by atoms with E-state index in [4.69, 9.17) is 0 Å². The molecule has 0 atom stereocenters. The second-order valence-corrected chi connectivity index (χ2v) is 9.36. The van der Waals surface area contributed by atoms with Gasteiger partial charge in [0, 0.05) is 16.7 Å². The van der Waals surface area contributed by atoms with Crippen LogP contribution in [0.25, 0.3) is 17.2 Å². The molecule has 0 unspecified atom stereocenters. The van der Waals surface area contributed by atoms with E-state index in [1.165, 1.54) is 27.8 Å². The molecule has 168 valence electrons. The van der Waals surface area contributed by atoms with Crippen molar-refractivity contribution >= 4 is 29.4 Å². The maximum atomic E-state index is 11.7. The average molecular weight is 444 g/mol. The van der Waals surface area contributed by atoms with Crippen LogP contribution in [0.1, 0.15) is 53.4 Å². The summed E-state index contributed by atoms with van der Waals surface area (Å²) in [6, 6.07) is 29.7. The van der Waals surface area contributed by atoms with Crippen LogP contribution in [0.4, 0.5) is 17.1 Å². The van der Waals surface area contributed by atoms with Gasteiger partial charge in [0.25, 0.3) is 0 Å². The fraction of sp³-hybridized carbons (Fsp3) is 0.156. The van der Waals surface area contributed by atoms with E-state index in [1.807, 2.05) is 24.3 Å². The molecule has 4 aromatic rings. The molecule has 0 radical (unpaired) electrons. The highest BCUT2D eigenvalue weighted by atomic mass is 16.1. The van der Waals surface area contributed by atoms with E-state index in [9.17, 15) is 4.79 Å². The fourth-order valence-corrected chi connectivity index (χ4v) is 5.33. The molecule has 0 amide bonds. The van der Waals surface area contributed by atoms with Crippen LogP contribution in [0.5, 0.6) is 0 Å². The Morgan fingerprint density at radius 3 is 2.18 bits per heavy atom. The summed E-state index contributed by atoms with van der Waals surface area (Å²) in [7, 11) is 0. The van der Waals surface area contributed by atoms with Gasteiger partial charge in [-0.3, -0.25) is 4.79 Å². The zero-order valence-corrected chi connectivity index (χ0v) is 20.0. The van der Waals surface area contributed by atoms with Gasteiger partial charge >= 0.3 is 0 Å². The molecule has 2 nitrogen and oxygen atoms in total. The van der Waals surface area contributed by atoms with Crippen LogP contribution in [-0.4, -0.2) is 6.29 Å². The lowest BCUT2D eigenvalue weighted by atomic mass is 9.70. The Morgan fingerprint density at radius 2 is 1.53 bits per heavy atom. The topological polar surface area (TPSA) is 20.3 Å². The summed E-state index contributed by atoms with van der Waals surface area (Å²) in [5.74, 6) is 0. The minimum atomic E-state index is -0.279. The molecule has 34 heavy (non-hydrogen) atoms. The van der Waals surface area contributed by atoms with E-state index in [1.54, 1.807) is 0 Å². The van der Waals surface area contributed by atoms with E-state index < -0.39 is 0 Å². The minimum absolute atomic E-state index is 0.279. The van der Waals surface area contributed by atoms with Gasteiger partial charge in [-0.05, 0) is 76.2 Å². The first kappa shape index (κ1) is 21.9. The first-order valence-electron chi connectivity index (χ1n) is 11.8. The highest BCUT2D eigenvalue weighted by Gasteiger charge is 2.39. The molecule has 0 aliphatic carbocycles. The number of carbonyl (C=O) groups excluding carboxylic acids is 1. The largest absolute Gasteiger partial charge is 0.310 e. The highest BCUT2D eigenvalue weighted by molar-refractivity contribution is 5.90. The Morgan fingerprint density at radius 1 is 0.853 bits per heavy atom. The van der Waals surface area contributed by atoms with Gasteiger partial charge in [0.05, 0.1) is 11.4 Å². The van der Waals surface area contributed by atoms with Gasteiger partial charge in [-0.1, -0.05) is 82.0 Å². The molecule has 1 aliphatic rings. The number of hydrogen-bond donors (Lipinski definition) is 0. The van der Waals surface area contributed by atoms with Crippen LogP contribution in [-0.2, 0) is 11.8 Å². The second-order valence-electron chi connectivity index (χ2n) is 9.36. The first-order valence-corrected chi connectivity index (χ1v) is 11.8. The fourth-order valence-electron chi connectivity index (χ4n) is 5.33. The maximum Gasteiger partial charge on any atom is 0.150 e. The predicted octanol–water partition coefficient (Wildman–Crippen LogP) is 8.48. The van der Waals surface area contributed by atoms with Gasteiger partial charge in [0.1, 0.15) is 6.29 Å². The van der Waals surface area contributed by atoms with Gasteiger partial charge in [-0.15, -0.1) is 0 Å². The molecule has 5 rings (SSSR count). The molecule has 0 spiro atoms. The third-order valence-electron chi connectivity index (χ3n) is 7.07. The lowest BCUT2D eigenvalue weighted by molar-refractivity contribution is 0.112. The lowest BCUT2D eigenvalue weighted by Gasteiger charge is -2.43. The molecular formula is C32H29NO. The molecule has 0 saturated heterocycles. The number of aldehydes is 1. The van der Waals surface area contributed by atoms with Crippen LogP contribution in [0.2, 0.25) is 0 Å². The van der Waals surface area contributed by atoms with Crippen molar-refractivity contribution in [1.29, 1.82) is 0 Å². The van der Waals surface area contributed by atoms with Crippen molar-refractivity contribution < 1.29 is 4.79 Å². The number of carbonyl (C=O) groups is 1. The van der Waals surface area contributed by atoms with E-state index in [2.05, 4.69) is 99.0 Å². The third-order valence-corrected chi connectivity index (χ3v) is 7.07. The summed E-state index contributed by atoms with van der Waals surface area (Å²) in [4.78, 5) is 14.0. The Labute approximate surface area is 202 Å². The summed E-state index contributed by atoms with van der Waals surface area (Å²) in [6.07, 6.45) is 3.87. The van der Waals surface area contributed by atoms with Crippen molar-refractivity contribution in [3.63, 3.8) is 0 Å². The lowest BCUT2D eigenvalue weighted by Crippen LogP contribution is -2.32. The van der Waals surface area contributed by atoms with Crippen molar-refractivity contribution in [1.82, 2.24) is 0 Å². The molecule has 2 heteroatoms. The molecule has 1 heterocycles. The molecular weight excluding hydrogens is 414 g/mol. The third kappa shape index (κ3) is 3.38. The summed E-state index contributed by atoms with van der Waals surface area (Å²) >= 11 is 0. The molecule has 4 aromatic carbocycles. The zero-order valence-electron chi connectivity index (χ0n) is 20.0. The van der Waals surface area contributed by atoms with Crippen LogP contribution in [0, 0.1) is 0 Å². The van der Waals surface area contributed by atoms with Gasteiger partial charge < -0.3 is 4.90 Å². The van der Waals surface area contributed by atoms with Gasteiger partial charge in [-0.2, -0.15) is 0 Å². The average Bonchev–Trinajstić information content (AvgIpc) is 2.88. The maximum absolute atomic E-state index is 11.7. The molecule has 0 saturated carbocycles. The summed E-state index contributed by atoms with van der Waals surface area (Å²) in [5, 5.41) is 0. The number of rotatable bonds is 5. The molecule has 0 N–H and O–H groups in total. The Hall–Kier alpha value is -3.91. The van der Waals surface area contributed by atoms with Crippen LogP contribution >= 0.6 is 0 Å². The SMILES string of the molecule is C=Cc1c(CC)ccc2c1C(C)(C)c1cc(C=O)ccc1N2c1ccc(-c2ccccc2)cc1. The second kappa shape index (κ2) is 8.46. The van der Waals surface area contributed by atoms with E-state index in [-0.39, 0.29) is 5.41 Å². The van der Waals surface area contributed by atoms with Gasteiger partial charge in [-0.25, -0.2) is 0 Å². The quantitative estimate of drug-likeness (QED) is 0.288. The van der Waals surface area contributed by atoms with Crippen LogP contribution in [0.3, 0.4) is 0 Å². The number of hydrogen-bond acceptors (Lipinski definition) is 2. The van der Waals surface area contributed by atoms with E-state index in [0.29, 0.717) is 5.56 Å². The van der Waals surface area contributed by atoms with Crippen molar-refractivity contribution in [2.45, 2.75) is 32.6 Å².